The molecule has 0 saturated carbocycles. The third-order valence-electron chi connectivity index (χ3n) is 4.45. The molecule has 1 N–H and O–H groups in total. The topological polar surface area (TPSA) is 41.9 Å². The Morgan fingerprint density at radius 1 is 0.968 bits per heavy atom. The molecule has 0 saturated heterocycles. The molecule has 0 radical (unpaired) electrons. The minimum atomic E-state index is -4.77. The molecule has 1 atom stereocenters. The molecule has 172 valence electrons. The molecule has 0 aliphatic rings. The number of hydrogen-bond donors (Lipinski definition) is 1. The summed E-state index contributed by atoms with van der Waals surface area (Å²) in [4.78, 5) is 0.181. The molecule has 1 unspecified atom stereocenters. The van der Waals surface area contributed by atoms with Gasteiger partial charge in [-0.1, -0.05) is 30.3 Å². The van der Waals surface area contributed by atoms with Crippen molar-refractivity contribution in [2.45, 2.75) is 38.0 Å². The van der Waals surface area contributed by atoms with Gasteiger partial charge in [-0.25, -0.2) is 4.90 Å². The maximum Gasteiger partial charge on any atom is 0.573 e. The van der Waals surface area contributed by atoms with E-state index in [1.807, 2.05) is 0 Å². The first-order valence-electron chi connectivity index (χ1n) is 9.45. The highest BCUT2D eigenvalue weighted by molar-refractivity contribution is 5.35. The van der Waals surface area contributed by atoms with Crippen LogP contribution in [0.15, 0.2) is 48.5 Å². The third kappa shape index (κ3) is 9.06. The first-order chi connectivity index (χ1) is 14.4. The van der Waals surface area contributed by atoms with Gasteiger partial charge in [0.1, 0.15) is 18.1 Å². The van der Waals surface area contributed by atoms with E-state index in [0.717, 1.165) is 12.6 Å². The summed E-state index contributed by atoms with van der Waals surface area (Å²) < 4.78 is 84.0. The summed E-state index contributed by atoms with van der Waals surface area (Å²) in [6.45, 7) is -0.552. The van der Waals surface area contributed by atoms with Crippen LogP contribution in [0.25, 0.3) is 0 Å². The number of ether oxygens (including phenoxy) is 2. The Balaban J connectivity index is 1.90. The van der Waals surface area contributed by atoms with Gasteiger partial charge in [0.2, 0.25) is 0 Å². The fourth-order valence-electron chi connectivity index (χ4n) is 2.77. The number of halogens is 6. The molecule has 31 heavy (non-hydrogen) atoms. The molecular weight excluding hydrogens is 428 g/mol. The number of hydrogen-bond acceptors (Lipinski definition) is 4. The van der Waals surface area contributed by atoms with E-state index in [4.69, 9.17) is 4.74 Å². The highest BCUT2D eigenvalue weighted by Crippen LogP contribution is 2.25. The Morgan fingerprint density at radius 3 is 2.35 bits per heavy atom. The first-order valence-corrected chi connectivity index (χ1v) is 9.45. The summed E-state index contributed by atoms with van der Waals surface area (Å²) in [5, 5.41) is 9.92. The van der Waals surface area contributed by atoms with Crippen molar-refractivity contribution in [3.63, 3.8) is 0 Å². The summed E-state index contributed by atoms with van der Waals surface area (Å²) in [6.07, 6.45) is -9.59. The Hall–Kier alpha value is -2.46. The highest BCUT2D eigenvalue weighted by Gasteiger charge is 2.33. The van der Waals surface area contributed by atoms with Crippen molar-refractivity contribution >= 4 is 0 Å². The van der Waals surface area contributed by atoms with Crippen LogP contribution in [0.4, 0.5) is 26.3 Å². The molecule has 0 aliphatic heterocycles. The van der Waals surface area contributed by atoms with Gasteiger partial charge in [0.25, 0.3) is 0 Å². The molecule has 2 aromatic carbocycles. The van der Waals surface area contributed by atoms with Crippen molar-refractivity contribution in [1.29, 1.82) is 0 Å². The number of rotatable bonds is 10. The lowest BCUT2D eigenvalue weighted by Gasteiger charge is -2.21. The van der Waals surface area contributed by atoms with Crippen molar-refractivity contribution in [3.8, 4) is 11.5 Å². The van der Waals surface area contributed by atoms with Crippen LogP contribution in [-0.4, -0.2) is 49.0 Å². The van der Waals surface area contributed by atoms with Crippen molar-refractivity contribution in [2.24, 2.45) is 0 Å². The molecule has 4 nitrogen and oxygen atoms in total. The quantitative estimate of drug-likeness (QED) is 0.410. The summed E-state index contributed by atoms with van der Waals surface area (Å²) in [7, 11) is 0.900. The molecule has 2 rings (SSSR count). The number of para-hydroxylation sites is 1. The second-order valence-corrected chi connectivity index (χ2v) is 6.95. The predicted molar refractivity (Wildman–Crippen MR) is 102 cm³/mol. The predicted octanol–water partition coefficient (Wildman–Crippen LogP) is 4.95. The van der Waals surface area contributed by atoms with Gasteiger partial charge in [-0.05, 0) is 55.6 Å². The smallest absolute Gasteiger partial charge is 0.491 e. The monoisotopic (exact) mass is 451 g/mol. The number of aliphatic hydroxyl groups excluding tert-OH is 1. The average Bonchev–Trinajstić information content (AvgIpc) is 2.67. The standard InChI is InChI=1S/C21H23F6NO3/c1-28(20(22,23)24)12-11-17(29)14-30-19-8-3-2-6-16(19)10-9-15-5-4-7-18(13-15)31-21(25,26)27/h2-8,13,17,29H,9-12,14H2,1H3. The molecular formula is C21H23F6NO3. The number of alkyl halides is 6. The SMILES string of the molecule is CN(CCC(O)COc1ccccc1CCc1cccc(OC(F)(F)F)c1)C(F)(F)F. The zero-order chi connectivity index (χ0) is 23.1. The van der Waals surface area contributed by atoms with Crippen LogP contribution in [0.5, 0.6) is 11.5 Å². The van der Waals surface area contributed by atoms with E-state index in [9.17, 15) is 31.4 Å². The minimum Gasteiger partial charge on any atom is -0.491 e. The molecule has 0 fully saturated rings. The lowest BCUT2D eigenvalue weighted by Crippen LogP contribution is -2.37. The van der Waals surface area contributed by atoms with Crippen LogP contribution in [0, 0.1) is 0 Å². The molecule has 0 aliphatic carbocycles. The van der Waals surface area contributed by atoms with Crippen molar-refractivity contribution in [1.82, 2.24) is 4.90 Å². The summed E-state index contributed by atoms with van der Waals surface area (Å²) in [5.74, 6) is 0.148. The number of aliphatic hydroxyl groups is 1. The Morgan fingerprint density at radius 2 is 1.68 bits per heavy atom. The van der Waals surface area contributed by atoms with Crippen LogP contribution in [0.2, 0.25) is 0 Å². The first kappa shape index (κ1) is 24.8. The molecule has 0 heterocycles. The fraction of sp³-hybridized carbons (Fsp3) is 0.429. The van der Waals surface area contributed by atoms with E-state index in [0.29, 0.717) is 24.2 Å². The van der Waals surface area contributed by atoms with Crippen molar-refractivity contribution in [3.05, 3.63) is 59.7 Å². The Bertz CT molecular complexity index is 825. The second-order valence-electron chi connectivity index (χ2n) is 6.95. The van der Waals surface area contributed by atoms with Gasteiger partial charge in [0, 0.05) is 6.54 Å². The second kappa shape index (κ2) is 10.7. The van der Waals surface area contributed by atoms with Gasteiger partial charge in [0.15, 0.2) is 0 Å². The van der Waals surface area contributed by atoms with E-state index in [1.165, 1.54) is 18.2 Å². The van der Waals surface area contributed by atoms with Gasteiger partial charge in [-0.15, -0.1) is 13.2 Å². The lowest BCUT2D eigenvalue weighted by molar-refractivity contribution is -0.274. The van der Waals surface area contributed by atoms with E-state index in [2.05, 4.69) is 4.74 Å². The Labute approximate surface area is 176 Å². The van der Waals surface area contributed by atoms with Gasteiger partial charge in [-0.2, -0.15) is 13.2 Å². The zero-order valence-corrected chi connectivity index (χ0v) is 16.7. The third-order valence-corrected chi connectivity index (χ3v) is 4.45. The molecule has 0 spiro atoms. The molecule has 0 aromatic heterocycles. The Kier molecular flexibility index (Phi) is 8.58. The van der Waals surface area contributed by atoms with Gasteiger partial charge in [0.05, 0.1) is 6.10 Å². The summed E-state index contributed by atoms with van der Waals surface area (Å²) in [6, 6.07) is 12.6. The minimum absolute atomic E-state index is 0.121. The molecule has 10 heteroatoms. The average molecular weight is 451 g/mol. The largest absolute Gasteiger partial charge is 0.573 e. The number of aryl methyl sites for hydroxylation is 2. The zero-order valence-electron chi connectivity index (χ0n) is 16.7. The summed E-state index contributed by atoms with van der Waals surface area (Å²) >= 11 is 0. The number of nitrogens with zero attached hydrogens (tertiary/aromatic N) is 1. The van der Waals surface area contributed by atoms with E-state index in [-0.39, 0.29) is 30.2 Å². The van der Waals surface area contributed by atoms with Crippen molar-refractivity contribution in [2.75, 3.05) is 20.2 Å². The van der Waals surface area contributed by atoms with Gasteiger partial charge < -0.3 is 14.6 Å². The van der Waals surface area contributed by atoms with E-state index in [1.54, 1.807) is 30.3 Å². The fourth-order valence-corrected chi connectivity index (χ4v) is 2.77. The molecule has 0 bridgehead atoms. The normalized spacial score (nSPS) is 13.3. The summed E-state index contributed by atoms with van der Waals surface area (Å²) in [5.41, 5.74) is 1.39. The van der Waals surface area contributed by atoms with Crippen molar-refractivity contribution < 1.29 is 40.9 Å². The maximum absolute atomic E-state index is 12.5. The van der Waals surface area contributed by atoms with Gasteiger partial charge in [-0.3, -0.25) is 0 Å². The maximum atomic E-state index is 12.5. The van der Waals surface area contributed by atoms with E-state index >= 15 is 0 Å². The van der Waals surface area contributed by atoms with Crippen LogP contribution in [-0.2, 0) is 12.8 Å². The van der Waals surface area contributed by atoms with Crippen LogP contribution in [0.3, 0.4) is 0 Å². The highest BCUT2D eigenvalue weighted by atomic mass is 19.4. The number of benzene rings is 2. The molecule has 2 aromatic rings. The molecule has 0 amide bonds. The van der Waals surface area contributed by atoms with Crippen LogP contribution in [0.1, 0.15) is 17.5 Å². The van der Waals surface area contributed by atoms with E-state index < -0.39 is 18.8 Å². The van der Waals surface area contributed by atoms with Gasteiger partial charge >= 0.3 is 12.7 Å². The van der Waals surface area contributed by atoms with Crippen LogP contribution < -0.4 is 9.47 Å². The lowest BCUT2D eigenvalue weighted by atomic mass is 10.0. The van der Waals surface area contributed by atoms with Crippen LogP contribution >= 0.6 is 0 Å².